The Balaban J connectivity index is 1.54. The summed E-state index contributed by atoms with van der Waals surface area (Å²) >= 11 is 0. The van der Waals surface area contributed by atoms with E-state index in [9.17, 15) is 4.79 Å². The summed E-state index contributed by atoms with van der Waals surface area (Å²) in [4.78, 5) is 14.2. The first-order valence-corrected chi connectivity index (χ1v) is 7.60. The molecule has 0 bridgehead atoms. The van der Waals surface area contributed by atoms with Crippen LogP contribution in [0.3, 0.4) is 0 Å². The van der Waals surface area contributed by atoms with Gasteiger partial charge in [0.05, 0.1) is 12.2 Å². The van der Waals surface area contributed by atoms with Gasteiger partial charge in [0.25, 0.3) is 0 Å². The topological polar surface area (TPSA) is 50.8 Å². The molecule has 0 saturated carbocycles. The predicted octanol–water partition coefficient (Wildman–Crippen LogP) is 1.69. The highest BCUT2D eigenvalue weighted by Gasteiger charge is 2.41. The number of nitrogens with zero attached hydrogens (tertiary/aromatic N) is 1. The van der Waals surface area contributed by atoms with Crippen LogP contribution in [0, 0.1) is 0 Å². The number of nitrogens with one attached hydrogen (secondary N) is 1. The lowest BCUT2D eigenvalue weighted by Crippen LogP contribution is -2.52. The van der Waals surface area contributed by atoms with Gasteiger partial charge in [0, 0.05) is 38.8 Å². The summed E-state index contributed by atoms with van der Waals surface area (Å²) in [6, 6.07) is 0.280. The van der Waals surface area contributed by atoms with Crippen molar-refractivity contribution in [3.8, 4) is 0 Å². The summed E-state index contributed by atoms with van der Waals surface area (Å²) < 4.78 is 11.4. The highest BCUT2D eigenvalue weighted by Crippen LogP contribution is 2.32. The summed E-state index contributed by atoms with van der Waals surface area (Å²) in [5.74, 6) is 0. The molecular formula is C15H24N2O3. The van der Waals surface area contributed by atoms with Crippen LogP contribution < -0.4 is 5.32 Å². The van der Waals surface area contributed by atoms with E-state index in [1.165, 1.54) is 5.57 Å². The van der Waals surface area contributed by atoms with Crippen molar-refractivity contribution in [1.29, 1.82) is 0 Å². The number of ether oxygens (including phenoxy) is 2. The number of carbonyl (C=O) groups excluding carboxylic acids is 1. The number of urea groups is 1. The van der Waals surface area contributed by atoms with Crippen LogP contribution in [0.15, 0.2) is 11.6 Å². The van der Waals surface area contributed by atoms with Crippen molar-refractivity contribution < 1.29 is 14.3 Å². The van der Waals surface area contributed by atoms with Crippen LogP contribution in [0.25, 0.3) is 0 Å². The second kappa shape index (κ2) is 5.74. The van der Waals surface area contributed by atoms with E-state index in [0.717, 1.165) is 45.4 Å². The number of rotatable bonds is 1. The number of carbonyl (C=O) groups is 1. The number of hydrogen-bond acceptors (Lipinski definition) is 3. The first-order chi connectivity index (χ1) is 9.67. The van der Waals surface area contributed by atoms with Crippen molar-refractivity contribution in [2.45, 2.75) is 44.2 Å². The fourth-order valence-electron chi connectivity index (χ4n) is 3.36. The fourth-order valence-corrected chi connectivity index (χ4v) is 3.36. The van der Waals surface area contributed by atoms with Gasteiger partial charge in [-0.15, -0.1) is 0 Å². The summed E-state index contributed by atoms with van der Waals surface area (Å²) in [7, 11) is 0. The van der Waals surface area contributed by atoms with Crippen molar-refractivity contribution in [2.75, 3.05) is 32.9 Å². The van der Waals surface area contributed by atoms with E-state index >= 15 is 0 Å². The third-order valence-electron chi connectivity index (χ3n) is 4.51. The molecule has 0 radical (unpaired) electrons. The molecule has 3 aliphatic heterocycles. The van der Waals surface area contributed by atoms with E-state index in [2.05, 4.69) is 18.3 Å². The molecule has 0 aromatic carbocycles. The molecule has 1 N–H and O–H groups in total. The SMILES string of the molecule is CC1=CCCN(C(=O)N[C@H]2CCO[C@]3(CCOC3)C2)C1. The molecule has 20 heavy (non-hydrogen) atoms. The first kappa shape index (κ1) is 13.9. The molecule has 5 heteroatoms. The molecule has 0 unspecified atom stereocenters. The Morgan fingerprint density at radius 3 is 3.15 bits per heavy atom. The van der Waals surface area contributed by atoms with E-state index in [1.807, 2.05) is 4.90 Å². The van der Waals surface area contributed by atoms with E-state index in [4.69, 9.17) is 9.47 Å². The lowest BCUT2D eigenvalue weighted by Gasteiger charge is -2.38. The third-order valence-corrected chi connectivity index (χ3v) is 4.51. The molecule has 3 rings (SSSR count). The second-order valence-electron chi connectivity index (χ2n) is 6.23. The first-order valence-electron chi connectivity index (χ1n) is 7.60. The Labute approximate surface area is 120 Å². The molecule has 2 atom stereocenters. The lowest BCUT2D eigenvalue weighted by atomic mass is 9.90. The van der Waals surface area contributed by atoms with Crippen molar-refractivity contribution in [3.63, 3.8) is 0 Å². The Kier molecular flexibility index (Phi) is 3.98. The Bertz CT molecular complexity index is 402. The molecule has 2 fully saturated rings. The van der Waals surface area contributed by atoms with Gasteiger partial charge in [-0.25, -0.2) is 4.79 Å². The molecule has 2 amide bonds. The Morgan fingerprint density at radius 2 is 2.40 bits per heavy atom. The van der Waals surface area contributed by atoms with Gasteiger partial charge in [0.2, 0.25) is 0 Å². The average Bonchev–Trinajstić information content (AvgIpc) is 2.87. The molecule has 1 spiro atoms. The van der Waals surface area contributed by atoms with E-state index < -0.39 is 0 Å². The minimum absolute atomic E-state index is 0.0680. The van der Waals surface area contributed by atoms with Gasteiger partial charge >= 0.3 is 6.03 Å². The zero-order chi connectivity index (χ0) is 14.0. The summed E-state index contributed by atoms with van der Waals surface area (Å²) in [6.45, 7) is 5.82. The highest BCUT2D eigenvalue weighted by atomic mass is 16.6. The van der Waals surface area contributed by atoms with Crippen molar-refractivity contribution in [3.05, 3.63) is 11.6 Å². The molecule has 0 aromatic rings. The minimum Gasteiger partial charge on any atom is -0.378 e. The quantitative estimate of drug-likeness (QED) is 0.744. The highest BCUT2D eigenvalue weighted by molar-refractivity contribution is 5.75. The smallest absolute Gasteiger partial charge is 0.317 e. The number of hydrogen-bond donors (Lipinski definition) is 1. The molecule has 0 aliphatic carbocycles. The normalized spacial score (nSPS) is 34.1. The molecule has 112 valence electrons. The van der Waals surface area contributed by atoms with E-state index in [1.54, 1.807) is 0 Å². The third kappa shape index (κ3) is 2.99. The molecule has 2 saturated heterocycles. The predicted molar refractivity (Wildman–Crippen MR) is 75.6 cm³/mol. The molecular weight excluding hydrogens is 256 g/mol. The molecule has 3 aliphatic rings. The van der Waals surface area contributed by atoms with E-state index in [-0.39, 0.29) is 17.7 Å². The zero-order valence-electron chi connectivity index (χ0n) is 12.2. The average molecular weight is 280 g/mol. The van der Waals surface area contributed by atoms with Crippen LogP contribution >= 0.6 is 0 Å². The van der Waals surface area contributed by atoms with Crippen LogP contribution in [-0.2, 0) is 9.47 Å². The van der Waals surface area contributed by atoms with Gasteiger partial charge in [-0.1, -0.05) is 11.6 Å². The maximum Gasteiger partial charge on any atom is 0.317 e. The maximum absolute atomic E-state index is 12.3. The van der Waals surface area contributed by atoms with Crippen molar-refractivity contribution in [1.82, 2.24) is 10.2 Å². The van der Waals surface area contributed by atoms with E-state index in [0.29, 0.717) is 13.2 Å². The standard InChI is InChI=1S/C15H24N2O3/c1-12-3-2-6-17(10-12)14(18)16-13-4-7-20-15(9-13)5-8-19-11-15/h3,13H,2,4-11H2,1H3,(H,16,18)/t13-,15+/m0/s1. The summed E-state index contributed by atoms with van der Waals surface area (Å²) in [5, 5.41) is 3.18. The van der Waals surface area contributed by atoms with Gasteiger partial charge < -0.3 is 19.7 Å². The van der Waals surface area contributed by atoms with Gasteiger partial charge in [0.1, 0.15) is 0 Å². The minimum atomic E-state index is -0.145. The van der Waals surface area contributed by atoms with Gasteiger partial charge in [-0.2, -0.15) is 0 Å². The molecule has 5 nitrogen and oxygen atoms in total. The summed E-state index contributed by atoms with van der Waals surface area (Å²) in [5.41, 5.74) is 1.13. The Hall–Kier alpha value is -1.07. The second-order valence-corrected chi connectivity index (χ2v) is 6.23. The zero-order valence-corrected chi connectivity index (χ0v) is 12.2. The maximum atomic E-state index is 12.3. The fraction of sp³-hybridized carbons (Fsp3) is 0.800. The molecule has 0 aromatic heterocycles. The van der Waals surface area contributed by atoms with Gasteiger partial charge in [0.15, 0.2) is 0 Å². The van der Waals surface area contributed by atoms with Gasteiger partial charge in [-0.3, -0.25) is 0 Å². The largest absolute Gasteiger partial charge is 0.378 e. The Morgan fingerprint density at radius 1 is 1.50 bits per heavy atom. The van der Waals surface area contributed by atoms with Crippen LogP contribution in [0.1, 0.15) is 32.6 Å². The van der Waals surface area contributed by atoms with Crippen LogP contribution in [-0.4, -0.2) is 55.5 Å². The monoisotopic (exact) mass is 280 g/mol. The van der Waals surface area contributed by atoms with Crippen molar-refractivity contribution in [2.24, 2.45) is 0 Å². The van der Waals surface area contributed by atoms with Crippen LogP contribution in [0.5, 0.6) is 0 Å². The van der Waals surface area contributed by atoms with Crippen molar-refractivity contribution >= 4 is 6.03 Å². The number of amides is 2. The van der Waals surface area contributed by atoms with Crippen LogP contribution in [0.4, 0.5) is 4.79 Å². The lowest BCUT2D eigenvalue weighted by molar-refractivity contribution is -0.0881. The molecule has 3 heterocycles. The van der Waals surface area contributed by atoms with Gasteiger partial charge in [-0.05, 0) is 26.2 Å². The van der Waals surface area contributed by atoms with Crippen LogP contribution in [0.2, 0.25) is 0 Å². The summed E-state index contributed by atoms with van der Waals surface area (Å²) in [6.07, 6.45) is 5.90.